The molecule has 0 aliphatic heterocycles. The Morgan fingerprint density at radius 2 is 2.18 bits per heavy atom. The first-order valence-corrected chi connectivity index (χ1v) is 6.55. The molecule has 0 fully saturated rings. The van der Waals surface area contributed by atoms with E-state index in [9.17, 15) is 4.79 Å². The largest absolute Gasteiger partial charge is 0.481 e. The van der Waals surface area contributed by atoms with E-state index in [1.165, 1.54) is 13.3 Å². The van der Waals surface area contributed by atoms with Crippen molar-refractivity contribution in [1.82, 2.24) is 25.6 Å². The van der Waals surface area contributed by atoms with Gasteiger partial charge in [0, 0.05) is 17.6 Å². The molecule has 0 saturated heterocycles. The molecule has 3 N–H and O–H groups in total. The standard InChI is InChI=1S/C14H14N6O2/c1-8-3-4-10-9(7-8)12(18-17-10)13(21)19-20-14-15-6-5-11(16-14)22-2/h3-7H,1-2H3,(H,17,18)(H,19,21)(H,15,16,20). The van der Waals surface area contributed by atoms with Gasteiger partial charge in [0.25, 0.3) is 5.91 Å². The molecule has 8 nitrogen and oxygen atoms in total. The third kappa shape index (κ3) is 2.66. The Bertz CT molecular complexity index is 829. The number of aromatic amines is 1. The van der Waals surface area contributed by atoms with Crippen LogP contribution in [0.2, 0.25) is 0 Å². The summed E-state index contributed by atoms with van der Waals surface area (Å²) in [5.41, 5.74) is 7.29. The van der Waals surface area contributed by atoms with Crippen molar-refractivity contribution in [2.75, 3.05) is 12.5 Å². The van der Waals surface area contributed by atoms with Crippen LogP contribution in [0.3, 0.4) is 0 Å². The van der Waals surface area contributed by atoms with Gasteiger partial charge in [0.2, 0.25) is 11.8 Å². The van der Waals surface area contributed by atoms with Crippen LogP contribution in [0.4, 0.5) is 5.95 Å². The van der Waals surface area contributed by atoms with Gasteiger partial charge in [0.05, 0.1) is 12.6 Å². The number of anilines is 1. The predicted octanol–water partition coefficient (Wildman–Crippen LogP) is 1.43. The lowest BCUT2D eigenvalue weighted by Crippen LogP contribution is -2.30. The first kappa shape index (κ1) is 13.8. The molecular formula is C14H14N6O2. The lowest BCUT2D eigenvalue weighted by atomic mass is 10.1. The summed E-state index contributed by atoms with van der Waals surface area (Å²) in [6, 6.07) is 7.34. The van der Waals surface area contributed by atoms with Gasteiger partial charge in [0.15, 0.2) is 5.69 Å². The molecular weight excluding hydrogens is 284 g/mol. The number of aromatic nitrogens is 4. The Morgan fingerprint density at radius 1 is 1.32 bits per heavy atom. The predicted molar refractivity (Wildman–Crippen MR) is 80.5 cm³/mol. The van der Waals surface area contributed by atoms with Crippen molar-refractivity contribution in [3.05, 3.63) is 41.7 Å². The van der Waals surface area contributed by atoms with Gasteiger partial charge in [-0.15, -0.1) is 0 Å². The van der Waals surface area contributed by atoms with E-state index in [1.54, 1.807) is 6.07 Å². The summed E-state index contributed by atoms with van der Waals surface area (Å²) in [6.07, 6.45) is 1.52. The highest BCUT2D eigenvalue weighted by atomic mass is 16.5. The van der Waals surface area contributed by atoms with Gasteiger partial charge in [-0.05, 0) is 19.1 Å². The molecule has 3 rings (SSSR count). The number of aryl methyl sites for hydroxylation is 1. The second-order valence-corrected chi connectivity index (χ2v) is 4.62. The maximum absolute atomic E-state index is 12.2. The van der Waals surface area contributed by atoms with E-state index < -0.39 is 0 Å². The van der Waals surface area contributed by atoms with Crippen molar-refractivity contribution in [2.45, 2.75) is 6.92 Å². The zero-order chi connectivity index (χ0) is 15.5. The second-order valence-electron chi connectivity index (χ2n) is 4.62. The topological polar surface area (TPSA) is 105 Å². The van der Waals surface area contributed by atoms with Crippen molar-refractivity contribution >= 4 is 22.8 Å². The summed E-state index contributed by atoms with van der Waals surface area (Å²) in [7, 11) is 1.50. The summed E-state index contributed by atoms with van der Waals surface area (Å²) >= 11 is 0. The number of fused-ring (bicyclic) bond motifs is 1. The Kier molecular flexibility index (Phi) is 3.57. The zero-order valence-corrected chi connectivity index (χ0v) is 12.0. The van der Waals surface area contributed by atoms with Gasteiger partial charge in [-0.1, -0.05) is 11.6 Å². The molecule has 1 amide bonds. The summed E-state index contributed by atoms with van der Waals surface area (Å²) in [5.74, 6) is 0.236. The number of amides is 1. The smallest absolute Gasteiger partial charge is 0.290 e. The van der Waals surface area contributed by atoms with Gasteiger partial charge < -0.3 is 4.74 Å². The lowest BCUT2D eigenvalue weighted by Gasteiger charge is -2.06. The van der Waals surface area contributed by atoms with E-state index >= 15 is 0 Å². The first-order valence-electron chi connectivity index (χ1n) is 6.55. The lowest BCUT2D eigenvalue weighted by molar-refractivity contribution is 0.0959. The molecule has 0 aliphatic rings. The van der Waals surface area contributed by atoms with Gasteiger partial charge in [-0.3, -0.25) is 20.7 Å². The molecule has 0 radical (unpaired) electrons. The summed E-state index contributed by atoms with van der Waals surface area (Å²) in [6.45, 7) is 1.95. The second kappa shape index (κ2) is 5.68. The number of benzene rings is 1. The van der Waals surface area contributed by atoms with E-state index in [2.05, 4.69) is 31.0 Å². The van der Waals surface area contributed by atoms with Crippen LogP contribution < -0.4 is 15.6 Å². The fraction of sp³-hybridized carbons (Fsp3) is 0.143. The molecule has 112 valence electrons. The third-order valence-corrected chi connectivity index (χ3v) is 3.06. The molecule has 0 aliphatic carbocycles. The monoisotopic (exact) mass is 298 g/mol. The van der Waals surface area contributed by atoms with E-state index in [-0.39, 0.29) is 11.9 Å². The SMILES string of the molecule is COc1ccnc(NNC(=O)c2n[nH]c3ccc(C)cc23)n1. The van der Waals surface area contributed by atoms with Crippen molar-refractivity contribution in [3.63, 3.8) is 0 Å². The Balaban J connectivity index is 1.77. The Labute approximate surface area is 125 Å². The minimum Gasteiger partial charge on any atom is -0.481 e. The Hall–Kier alpha value is -3.16. The third-order valence-electron chi connectivity index (χ3n) is 3.06. The number of carbonyl (C=O) groups excluding carboxylic acids is 1. The van der Waals surface area contributed by atoms with Gasteiger partial charge >= 0.3 is 0 Å². The molecule has 0 atom stereocenters. The van der Waals surface area contributed by atoms with E-state index in [1.807, 2.05) is 25.1 Å². The van der Waals surface area contributed by atoms with Gasteiger partial charge in [0.1, 0.15) is 0 Å². The minimum atomic E-state index is -0.386. The number of H-pyrrole nitrogens is 1. The molecule has 2 heterocycles. The number of hydrazine groups is 1. The highest BCUT2D eigenvalue weighted by molar-refractivity contribution is 6.05. The summed E-state index contributed by atoms with van der Waals surface area (Å²) in [5, 5.41) is 7.62. The fourth-order valence-corrected chi connectivity index (χ4v) is 1.99. The molecule has 2 aromatic heterocycles. The number of hydrogen-bond donors (Lipinski definition) is 3. The number of carbonyl (C=O) groups is 1. The number of ether oxygens (including phenoxy) is 1. The maximum atomic E-state index is 12.2. The molecule has 22 heavy (non-hydrogen) atoms. The van der Waals surface area contributed by atoms with Crippen LogP contribution in [0.25, 0.3) is 10.9 Å². The average molecular weight is 298 g/mol. The number of hydrogen-bond acceptors (Lipinski definition) is 6. The van der Waals surface area contributed by atoms with Crippen LogP contribution in [0.1, 0.15) is 16.1 Å². The molecule has 0 bridgehead atoms. The van der Waals surface area contributed by atoms with Crippen LogP contribution in [0, 0.1) is 6.92 Å². The van der Waals surface area contributed by atoms with Crippen LogP contribution in [-0.4, -0.2) is 33.2 Å². The van der Waals surface area contributed by atoms with Crippen LogP contribution in [0.5, 0.6) is 5.88 Å². The molecule has 0 saturated carbocycles. The van der Waals surface area contributed by atoms with Crippen LogP contribution in [-0.2, 0) is 0 Å². The van der Waals surface area contributed by atoms with Crippen LogP contribution >= 0.6 is 0 Å². The minimum absolute atomic E-state index is 0.226. The molecule has 0 spiro atoms. The van der Waals surface area contributed by atoms with E-state index in [0.717, 1.165) is 16.5 Å². The Morgan fingerprint density at radius 3 is 3.00 bits per heavy atom. The number of nitrogens with one attached hydrogen (secondary N) is 3. The number of rotatable bonds is 4. The fourth-order valence-electron chi connectivity index (χ4n) is 1.99. The van der Waals surface area contributed by atoms with Crippen LogP contribution in [0.15, 0.2) is 30.5 Å². The summed E-state index contributed by atoms with van der Waals surface area (Å²) in [4.78, 5) is 20.2. The quantitative estimate of drug-likeness (QED) is 0.629. The average Bonchev–Trinajstić information content (AvgIpc) is 2.96. The normalized spacial score (nSPS) is 10.5. The van der Waals surface area contributed by atoms with Crippen molar-refractivity contribution in [3.8, 4) is 5.88 Å². The van der Waals surface area contributed by atoms with Crippen molar-refractivity contribution < 1.29 is 9.53 Å². The maximum Gasteiger partial charge on any atom is 0.290 e. The van der Waals surface area contributed by atoms with E-state index in [4.69, 9.17) is 4.74 Å². The summed E-state index contributed by atoms with van der Waals surface area (Å²) < 4.78 is 4.98. The van der Waals surface area contributed by atoms with Gasteiger partial charge in [-0.25, -0.2) is 4.98 Å². The van der Waals surface area contributed by atoms with E-state index in [0.29, 0.717) is 11.6 Å². The van der Waals surface area contributed by atoms with Gasteiger partial charge in [-0.2, -0.15) is 10.1 Å². The highest BCUT2D eigenvalue weighted by Crippen LogP contribution is 2.17. The highest BCUT2D eigenvalue weighted by Gasteiger charge is 2.14. The number of nitrogens with zero attached hydrogens (tertiary/aromatic N) is 3. The first-order chi connectivity index (χ1) is 10.7. The zero-order valence-electron chi connectivity index (χ0n) is 12.0. The van der Waals surface area contributed by atoms with Crippen molar-refractivity contribution in [1.29, 1.82) is 0 Å². The number of methoxy groups -OCH3 is 1. The molecule has 1 aromatic carbocycles. The van der Waals surface area contributed by atoms with Crippen molar-refractivity contribution in [2.24, 2.45) is 0 Å². The molecule has 8 heteroatoms. The molecule has 3 aromatic rings. The molecule has 0 unspecified atom stereocenters.